The van der Waals surface area contributed by atoms with E-state index in [2.05, 4.69) is 20.2 Å². The van der Waals surface area contributed by atoms with Crippen molar-refractivity contribution in [2.75, 3.05) is 0 Å². The molecule has 2 aliphatic carbocycles. The lowest BCUT2D eigenvalue weighted by atomic mass is 9.64. The molecule has 0 bridgehead atoms. The van der Waals surface area contributed by atoms with Crippen LogP contribution >= 0.6 is 11.6 Å². The van der Waals surface area contributed by atoms with E-state index >= 15 is 0 Å². The lowest BCUT2D eigenvalue weighted by Crippen LogP contribution is -2.41. The van der Waals surface area contributed by atoms with Crippen LogP contribution in [0, 0.1) is 0 Å². The highest BCUT2D eigenvalue weighted by Gasteiger charge is 2.48. The van der Waals surface area contributed by atoms with Crippen LogP contribution in [-0.2, 0) is 23.7 Å². The number of rotatable bonds is 1. The maximum atomic E-state index is 12.8. The van der Waals surface area contributed by atoms with Crippen LogP contribution in [0.1, 0.15) is 49.8 Å². The first-order valence-electron chi connectivity index (χ1n) is 8.98. The van der Waals surface area contributed by atoms with Crippen molar-refractivity contribution in [1.29, 1.82) is 0 Å². The number of halogens is 1. The number of nitrogens with zero attached hydrogens (tertiary/aromatic N) is 5. The summed E-state index contributed by atoms with van der Waals surface area (Å²) in [5, 5.41) is 9.50. The quantitative estimate of drug-likeness (QED) is 0.609. The minimum absolute atomic E-state index is 0.286. The second-order valence-electron chi connectivity index (χ2n) is 7.25. The summed E-state index contributed by atoms with van der Waals surface area (Å²) in [6, 6.07) is 0. The van der Waals surface area contributed by atoms with Gasteiger partial charge in [0, 0.05) is 19.0 Å². The van der Waals surface area contributed by atoms with Crippen LogP contribution in [0.15, 0.2) is 10.7 Å². The van der Waals surface area contributed by atoms with Gasteiger partial charge in [0.05, 0.1) is 17.0 Å². The number of hydrogen-bond acceptors (Lipinski definition) is 6. The summed E-state index contributed by atoms with van der Waals surface area (Å²) < 4.78 is 7.41. The molecular weight excluding hydrogens is 354 g/mol. The standard InChI is InChI=1S/C18H18ClN5O2/c1-24-17-11(9-20-24)15(19)21-16(22-17)13-10-5-4-8-18(14(10)26-23-13)7-3-2-6-12(18)25/h9H,2-8H2,1H3/t18-/m1/s1. The summed E-state index contributed by atoms with van der Waals surface area (Å²) in [6.45, 7) is 0. The molecule has 0 aromatic carbocycles. The molecule has 0 unspecified atom stereocenters. The molecule has 0 radical (unpaired) electrons. The van der Waals surface area contributed by atoms with Crippen molar-refractivity contribution in [3.8, 4) is 11.5 Å². The van der Waals surface area contributed by atoms with Gasteiger partial charge in [-0.3, -0.25) is 9.48 Å². The van der Waals surface area contributed by atoms with Gasteiger partial charge in [-0.15, -0.1) is 0 Å². The monoisotopic (exact) mass is 371 g/mol. The molecule has 8 heteroatoms. The van der Waals surface area contributed by atoms with Crippen LogP contribution < -0.4 is 0 Å². The maximum absolute atomic E-state index is 12.8. The molecule has 0 N–H and O–H groups in total. The van der Waals surface area contributed by atoms with Gasteiger partial charge in [0.1, 0.15) is 10.9 Å². The molecular formula is C18H18ClN5O2. The van der Waals surface area contributed by atoms with E-state index in [0.717, 1.165) is 49.8 Å². The van der Waals surface area contributed by atoms with Gasteiger partial charge in [-0.25, -0.2) is 9.97 Å². The molecule has 0 amide bonds. The molecule has 1 spiro atoms. The largest absolute Gasteiger partial charge is 0.359 e. The molecule has 7 nitrogen and oxygen atoms in total. The fourth-order valence-corrected chi connectivity index (χ4v) is 4.68. The van der Waals surface area contributed by atoms with Crippen molar-refractivity contribution < 1.29 is 9.32 Å². The van der Waals surface area contributed by atoms with Gasteiger partial charge in [-0.2, -0.15) is 5.10 Å². The molecule has 26 heavy (non-hydrogen) atoms. The van der Waals surface area contributed by atoms with E-state index in [4.69, 9.17) is 16.1 Å². The second-order valence-corrected chi connectivity index (χ2v) is 7.61. The van der Waals surface area contributed by atoms with E-state index in [9.17, 15) is 4.79 Å². The van der Waals surface area contributed by atoms with E-state index in [1.807, 2.05) is 7.05 Å². The molecule has 1 atom stereocenters. The van der Waals surface area contributed by atoms with E-state index < -0.39 is 5.41 Å². The predicted octanol–water partition coefficient (Wildman–Crippen LogP) is 3.39. The lowest BCUT2D eigenvalue weighted by Gasteiger charge is -2.36. The van der Waals surface area contributed by atoms with Gasteiger partial charge in [-0.1, -0.05) is 23.2 Å². The second kappa shape index (κ2) is 5.61. The minimum atomic E-state index is -0.502. The number of aromatic nitrogens is 5. The van der Waals surface area contributed by atoms with E-state index in [1.54, 1.807) is 10.9 Å². The zero-order chi connectivity index (χ0) is 17.9. The summed E-state index contributed by atoms with van der Waals surface area (Å²) in [5.41, 5.74) is 1.71. The van der Waals surface area contributed by atoms with Gasteiger partial charge >= 0.3 is 0 Å². The number of carbonyl (C=O) groups excluding carboxylic acids is 1. The molecule has 134 valence electrons. The maximum Gasteiger partial charge on any atom is 0.185 e. The van der Waals surface area contributed by atoms with Crippen molar-refractivity contribution in [3.63, 3.8) is 0 Å². The van der Waals surface area contributed by atoms with E-state index in [1.165, 1.54) is 0 Å². The number of hydrogen-bond donors (Lipinski definition) is 0. The fraction of sp³-hybridized carbons (Fsp3) is 0.500. The first kappa shape index (κ1) is 15.9. The third-order valence-electron chi connectivity index (χ3n) is 5.80. The topological polar surface area (TPSA) is 86.7 Å². The molecule has 1 fully saturated rings. The molecule has 3 heterocycles. The Morgan fingerprint density at radius 1 is 1.19 bits per heavy atom. The van der Waals surface area contributed by atoms with Gasteiger partial charge in [0.15, 0.2) is 22.9 Å². The van der Waals surface area contributed by atoms with Gasteiger partial charge in [0.25, 0.3) is 0 Å². The summed E-state index contributed by atoms with van der Waals surface area (Å²) in [5.74, 6) is 1.44. The Balaban J connectivity index is 1.68. The zero-order valence-corrected chi connectivity index (χ0v) is 15.2. The van der Waals surface area contributed by atoms with Crippen LogP contribution in [0.25, 0.3) is 22.6 Å². The molecule has 1 saturated carbocycles. The highest BCUT2D eigenvalue weighted by atomic mass is 35.5. The van der Waals surface area contributed by atoms with Crippen molar-refractivity contribution in [1.82, 2.24) is 24.9 Å². The lowest BCUT2D eigenvalue weighted by molar-refractivity contribution is -0.128. The van der Waals surface area contributed by atoms with Crippen LogP contribution in [0.5, 0.6) is 0 Å². The van der Waals surface area contributed by atoms with Crippen molar-refractivity contribution in [2.24, 2.45) is 7.05 Å². The van der Waals surface area contributed by atoms with Crippen LogP contribution in [0.4, 0.5) is 0 Å². The van der Waals surface area contributed by atoms with Crippen molar-refractivity contribution in [2.45, 2.75) is 50.4 Å². The normalized spacial score (nSPS) is 22.9. The first-order chi connectivity index (χ1) is 12.6. The van der Waals surface area contributed by atoms with Crippen LogP contribution in [0.3, 0.4) is 0 Å². The van der Waals surface area contributed by atoms with Crippen LogP contribution in [-0.4, -0.2) is 30.7 Å². The Morgan fingerprint density at radius 3 is 2.88 bits per heavy atom. The Kier molecular flexibility index (Phi) is 3.44. The zero-order valence-electron chi connectivity index (χ0n) is 14.5. The molecule has 0 saturated heterocycles. The van der Waals surface area contributed by atoms with Gasteiger partial charge in [0.2, 0.25) is 0 Å². The van der Waals surface area contributed by atoms with E-state index in [0.29, 0.717) is 34.1 Å². The molecule has 3 aromatic rings. The predicted molar refractivity (Wildman–Crippen MR) is 94.9 cm³/mol. The molecule has 3 aromatic heterocycles. The number of fused-ring (bicyclic) bond motifs is 3. The Bertz CT molecular complexity index is 1040. The SMILES string of the molecule is Cn1ncc2c(Cl)nc(-c3noc4c3CCC[C@@]43CCCCC3=O)nc21. The minimum Gasteiger partial charge on any atom is -0.359 e. The van der Waals surface area contributed by atoms with Gasteiger partial charge in [-0.05, 0) is 32.1 Å². The highest BCUT2D eigenvalue weighted by molar-refractivity contribution is 6.34. The average molecular weight is 372 g/mol. The number of carbonyl (C=O) groups is 1. The Hall–Kier alpha value is -2.28. The van der Waals surface area contributed by atoms with Crippen LogP contribution in [0.2, 0.25) is 5.15 Å². The smallest absolute Gasteiger partial charge is 0.185 e. The van der Waals surface area contributed by atoms with Gasteiger partial charge < -0.3 is 4.52 Å². The van der Waals surface area contributed by atoms with Crippen molar-refractivity contribution in [3.05, 3.63) is 22.7 Å². The number of Topliss-reactive ketones (excluding diaryl/α,β-unsaturated/α-hetero) is 1. The third kappa shape index (κ3) is 2.09. The number of ketones is 1. The summed E-state index contributed by atoms with van der Waals surface area (Å²) in [7, 11) is 1.81. The molecule has 0 aliphatic heterocycles. The van der Waals surface area contributed by atoms with E-state index in [-0.39, 0.29) is 5.78 Å². The summed E-state index contributed by atoms with van der Waals surface area (Å²) in [4.78, 5) is 21.8. The molecule has 2 aliphatic rings. The Morgan fingerprint density at radius 2 is 2.04 bits per heavy atom. The number of aryl methyl sites for hydroxylation is 1. The summed E-state index contributed by atoms with van der Waals surface area (Å²) in [6.07, 6.45) is 7.72. The highest BCUT2D eigenvalue weighted by Crippen LogP contribution is 2.47. The van der Waals surface area contributed by atoms with Crippen molar-refractivity contribution >= 4 is 28.4 Å². The fourth-order valence-electron chi connectivity index (χ4n) is 4.46. The average Bonchev–Trinajstić information content (AvgIpc) is 3.23. The summed E-state index contributed by atoms with van der Waals surface area (Å²) >= 11 is 6.32. The Labute approximate surface area is 154 Å². The third-order valence-corrected chi connectivity index (χ3v) is 6.09. The molecule has 5 rings (SSSR count). The first-order valence-corrected chi connectivity index (χ1v) is 9.36.